The molecule has 0 saturated heterocycles. The van der Waals surface area contributed by atoms with Crippen molar-refractivity contribution in [3.8, 4) is 11.5 Å². The van der Waals surface area contributed by atoms with E-state index < -0.39 is 21.6 Å². The van der Waals surface area contributed by atoms with Crippen molar-refractivity contribution >= 4 is 39.1 Å². The van der Waals surface area contributed by atoms with Crippen molar-refractivity contribution < 1.29 is 27.5 Å². The van der Waals surface area contributed by atoms with Gasteiger partial charge in [0.25, 0.3) is 0 Å². The molecule has 1 aliphatic heterocycles. The lowest BCUT2D eigenvalue weighted by Crippen LogP contribution is -2.54. The summed E-state index contributed by atoms with van der Waals surface area (Å²) in [4.78, 5) is 29.3. The molecule has 1 atom stereocenters. The lowest BCUT2D eigenvalue weighted by atomic mass is 10.00. The van der Waals surface area contributed by atoms with E-state index >= 15 is 0 Å². The predicted molar refractivity (Wildman–Crippen MR) is 168 cm³/mol. The quantitative estimate of drug-likeness (QED) is 0.297. The van der Waals surface area contributed by atoms with Crippen LogP contribution in [0.25, 0.3) is 0 Å². The molecule has 4 rings (SSSR count). The molecule has 0 fully saturated rings. The average Bonchev–Trinajstić information content (AvgIpc) is 3.41. The van der Waals surface area contributed by atoms with Gasteiger partial charge >= 0.3 is 0 Å². The Bertz CT molecular complexity index is 1540. The van der Waals surface area contributed by atoms with Gasteiger partial charge in [0.2, 0.25) is 28.6 Å². The third-order valence-corrected chi connectivity index (χ3v) is 8.43. The molecular weight excluding hydrogens is 590 g/mol. The van der Waals surface area contributed by atoms with Gasteiger partial charge in [-0.3, -0.25) is 13.9 Å². The third-order valence-electron chi connectivity index (χ3n) is 6.86. The molecule has 0 aromatic heterocycles. The van der Waals surface area contributed by atoms with Crippen LogP contribution in [0.1, 0.15) is 44.7 Å². The number of nitrogens with one attached hydrogen (secondary N) is 1. The molecule has 0 saturated carbocycles. The minimum absolute atomic E-state index is 0.00904. The number of ether oxygens (including phenoxy) is 2. The van der Waals surface area contributed by atoms with E-state index in [2.05, 4.69) is 5.32 Å². The van der Waals surface area contributed by atoms with Gasteiger partial charge < -0.3 is 19.7 Å². The van der Waals surface area contributed by atoms with Gasteiger partial charge in [0, 0.05) is 42.6 Å². The molecule has 3 aromatic carbocycles. The fourth-order valence-electron chi connectivity index (χ4n) is 4.86. The summed E-state index contributed by atoms with van der Waals surface area (Å²) in [5.74, 6) is 0.432. The predicted octanol–water partition coefficient (Wildman–Crippen LogP) is 5.17. The van der Waals surface area contributed by atoms with Crippen molar-refractivity contribution in [1.29, 1.82) is 0 Å². The fourth-order valence-corrected chi connectivity index (χ4v) is 6.01. The van der Waals surface area contributed by atoms with Gasteiger partial charge in [0.1, 0.15) is 6.04 Å². The van der Waals surface area contributed by atoms with Crippen LogP contribution in [0.15, 0.2) is 72.8 Å². The minimum Gasteiger partial charge on any atom is -0.454 e. The van der Waals surface area contributed by atoms with Crippen LogP contribution in [0.3, 0.4) is 0 Å². The van der Waals surface area contributed by atoms with E-state index in [-0.39, 0.29) is 44.5 Å². The van der Waals surface area contributed by atoms with Gasteiger partial charge in [-0.15, -0.1) is 0 Å². The molecule has 1 heterocycles. The Labute approximate surface area is 258 Å². The number of rotatable bonds is 12. The highest BCUT2D eigenvalue weighted by Gasteiger charge is 2.32. The smallest absolute Gasteiger partial charge is 0.243 e. The van der Waals surface area contributed by atoms with Crippen LogP contribution in [-0.2, 0) is 32.6 Å². The van der Waals surface area contributed by atoms with Crippen LogP contribution in [-0.4, -0.2) is 56.3 Å². The van der Waals surface area contributed by atoms with Crippen molar-refractivity contribution in [2.24, 2.45) is 0 Å². The maximum Gasteiger partial charge on any atom is 0.243 e. The van der Waals surface area contributed by atoms with Gasteiger partial charge in [-0.2, -0.15) is 0 Å². The lowest BCUT2D eigenvalue weighted by molar-refractivity contribution is -0.142. The third kappa shape index (κ3) is 8.87. The first kappa shape index (κ1) is 32.2. The number of carbonyl (C=O) groups excluding carboxylic acids is 2. The molecule has 9 nitrogen and oxygen atoms in total. The van der Waals surface area contributed by atoms with Crippen molar-refractivity contribution in [3.05, 3.63) is 88.9 Å². The summed E-state index contributed by atoms with van der Waals surface area (Å²) in [5.41, 5.74) is 1.50. The Morgan fingerprint density at radius 1 is 0.977 bits per heavy atom. The van der Waals surface area contributed by atoms with Crippen molar-refractivity contribution in [1.82, 2.24) is 10.2 Å². The number of hydrogen-bond acceptors (Lipinski definition) is 6. The zero-order valence-corrected chi connectivity index (χ0v) is 26.5. The fraction of sp³-hybridized carbons (Fsp3) is 0.375. The number of halogens is 1. The summed E-state index contributed by atoms with van der Waals surface area (Å²) in [6, 6.07) is 20.8. The molecule has 0 radical (unpaired) electrons. The summed E-state index contributed by atoms with van der Waals surface area (Å²) in [5, 5.41) is 3.52. The van der Waals surface area contributed by atoms with Crippen molar-refractivity contribution in [3.63, 3.8) is 0 Å². The Morgan fingerprint density at radius 2 is 1.65 bits per heavy atom. The number of amides is 2. The molecule has 3 aromatic rings. The van der Waals surface area contributed by atoms with E-state index in [1.807, 2.05) is 69.3 Å². The summed E-state index contributed by atoms with van der Waals surface area (Å²) in [7, 11) is -3.67. The summed E-state index contributed by atoms with van der Waals surface area (Å²) in [6.45, 7) is 5.91. The first-order chi connectivity index (χ1) is 20.3. The standard InChI is InChI=1S/C32H38ClN3O6S/c1-32(2,3)34-31(38)27(19-23-11-6-5-7-12-23)35(21-24-13-8-9-14-26(24)33)30(37)15-10-18-36(43(4,39)40)25-16-17-28-29(20-25)42-22-41-28/h5-9,11-14,16-17,20,27H,10,15,18-19,21-22H2,1-4H3,(H,34,38)/t27-/m0/s1. The van der Waals surface area contributed by atoms with Crippen LogP contribution in [0, 0.1) is 0 Å². The van der Waals surface area contributed by atoms with E-state index in [1.54, 1.807) is 29.2 Å². The largest absolute Gasteiger partial charge is 0.454 e. The van der Waals surface area contributed by atoms with Gasteiger partial charge in [-0.1, -0.05) is 60.1 Å². The highest BCUT2D eigenvalue weighted by atomic mass is 35.5. The molecule has 230 valence electrons. The molecule has 0 unspecified atom stereocenters. The Hall–Kier alpha value is -3.76. The number of nitrogens with zero attached hydrogens (tertiary/aromatic N) is 2. The first-order valence-corrected chi connectivity index (χ1v) is 16.3. The zero-order chi connectivity index (χ0) is 31.2. The zero-order valence-electron chi connectivity index (χ0n) is 24.9. The van der Waals surface area contributed by atoms with Crippen LogP contribution >= 0.6 is 11.6 Å². The van der Waals surface area contributed by atoms with Crippen LogP contribution < -0.4 is 19.1 Å². The number of carbonyl (C=O) groups is 2. The minimum atomic E-state index is -3.67. The SMILES string of the molecule is CC(C)(C)NC(=O)[C@H](Cc1ccccc1)N(Cc1ccccc1Cl)C(=O)CCCN(c1ccc2c(c1)OCO2)S(C)(=O)=O. The molecule has 11 heteroatoms. The number of hydrogen-bond donors (Lipinski definition) is 1. The Kier molecular flexibility index (Phi) is 10.2. The topological polar surface area (TPSA) is 105 Å². The van der Waals surface area contributed by atoms with E-state index in [4.69, 9.17) is 21.1 Å². The van der Waals surface area contributed by atoms with E-state index in [1.165, 1.54) is 4.31 Å². The molecule has 2 amide bonds. The van der Waals surface area contributed by atoms with Gasteiger partial charge in [-0.05, 0) is 56.5 Å². The second kappa shape index (κ2) is 13.7. The highest BCUT2D eigenvalue weighted by Crippen LogP contribution is 2.36. The highest BCUT2D eigenvalue weighted by molar-refractivity contribution is 7.92. The molecule has 0 spiro atoms. The number of fused-ring (bicyclic) bond motifs is 1. The van der Waals surface area contributed by atoms with Crippen LogP contribution in [0.2, 0.25) is 5.02 Å². The van der Waals surface area contributed by atoms with E-state index in [0.29, 0.717) is 34.2 Å². The summed E-state index contributed by atoms with van der Waals surface area (Å²) in [6.07, 6.45) is 1.65. The molecule has 0 aliphatic carbocycles. The second-order valence-corrected chi connectivity index (χ2v) is 13.8. The van der Waals surface area contributed by atoms with Crippen molar-refractivity contribution in [2.45, 2.75) is 58.2 Å². The van der Waals surface area contributed by atoms with Gasteiger partial charge in [0.15, 0.2) is 11.5 Å². The van der Waals surface area contributed by atoms with E-state index in [9.17, 15) is 18.0 Å². The van der Waals surface area contributed by atoms with Crippen LogP contribution in [0.5, 0.6) is 11.5 Å². The normalized spacial score (nSPS) is 13.3. The first-order valence-electron chi connectivity index (χ1n) is 14.1. The lowest BCUT2D eigenvalue weighted by Gasteiger charge is -2.34. The Balaban J connectivity index is 1.60. The summed E-state index contributed by atoms with van der Waals surface area (Å²) >= 11 is 6.50. The average molecular weight is 628 g/mol. The number of benzene rings is 3. The Morgan fingerprint density at radius 3 is 2.33 bits per heavy atom. The van der Waals surface area contributed by atoms with Crippen molar-refractivity contribution in [2.75, 3.05) is 23.9 Å². The van der Waals surface area contributed by atoms with Crippen LogP contribution in [0.4, 0.5) is 5.69 Å². The number of sulfonamides is 1. The van der Waals surface area contributed by atoms with E-state index in [0.717, 1.165) is 11.8 Å². The van der Waals surface area contributed by atoms with Gasteiger partial charge in [0.05, 0.1) is 11.9 Å². The maximum absolute atomic E-state index is 14.0. The molecular formula is C32H38ClN3O6S. The second-order valence-electron chi connectivity index (χ2n) is 11.5. The molecule has 1 N–H and O–H groups in total. The summed E-state index contributed by atoms with van der Waals surface area (Å²) < 4.78 is 37.5. The van der Waals surface area contributed by atoms with Gasteiger partial charge in [-0.25, -0.2) is 8.42 Å². The molecule has 0 bridgehead atoms. The number of anilines is 1. The molecule has 43 heavy (non-hydrogen) atoms. The monoisotopic (exact) mass is 627 g/mol. The molecule has 1 aliphatic rings. The maximum atomic E-state index is 14.0.